The lowest BCUT2D eigenvalue weighted by molar-refractivity contribution is -0.928. The minimum atomic E-state index is 0.770. The molecule has 18 heavy (non-hydrogen) atoms. The Morgan fingerprint density at radius 2 is 2.50 bits per heavy atom. The van der Waals surface area contributed by atoms with Gasteiger partial charge in [0, 0.05) is 20.3 Å². The van der Waals surface area contributed by atoms with Crippen molar-refractivity contribution in [2.45, 2.75) is 13.0 Å². The maximum absolute atomic E-state index is 5.38. The van der Waals surface area contributed by atoms with Crippen LogP contribution in [-0.2, 0) is 11.3 Å². The van der Waals surface area contributed by atoms with E-state index in [1.807, 2.05) is 12.1 Å². The van der Waals surface area contributed by atoms with Crippen LogP contribution in [0.5, 0.6) is 0 Å². The second-order valence-corrected chi connectivity index (χ2v) is 4.82. The molecule has 1 saturated heterocycles. The van der Waals surface area contributed by atoms with E-state index < -0.39 is 0 Å². The van der Waals surface area contributed by atoms with Crippen molar-refractivity contribution in [1.29, 1.82) is 0 Å². The van der Waals surface area contributed by atoms with E-state index >= 15 is 0 Å². The molecule has 1 fully saturated rings. The van der Waals surface area contributed by atoms with Gasteiger partial charge in [0.1, 0.15) is 6.54 Å². The maximum atomic E-state index is 5.38. The first-order chi connectivity index (χ1) is 8.79. The van der Waals surface area contributed by atoms with Crippen molar-refractivity contribution in [3.63, 3.8) is 0 Å². The Balaban J connectivity index is 1.81. The summed E-state index contributed by atoms with van der Waals surface area (Å²) in [5, 5.41) is 4.10. The predicted octanol–water partition coefficient (Wildman–Crippen LogP) is -0.194. The monoisotopic (exact) mass is 270 g/mol. The lowest BCUT2D eigenvalue weighted by atomic mass is 10.4. The molecule has 100 valence electrons. The zero-order valence-corrected chi connectivity index (χ0v) is 11.5. The number of thiocarbonyl (C=S) groups is 1. The molecule has 1 aliphatic heterocycles. The Bertz CT molecular complexity index is 369. The van der Waals surface area contributed by atoms with Gasteiger partial charge in [-0.05, 0) is 30.8 Å². The molecule has 1 unspecified atom stereocenters. The lowest BCUT2D eigenvalue weighted by Gasteiger charge is -2.34. The van der Waals surface area contributed by atoms with Crippen LogP contribution in [-0.4, -0.2) is 43.6 Å². The standard InChI is InChI=1S/C12H19N3O2S/c1-16-6-3-5-15-10-14(9-13-12(15)18)8-11-4-2-7-17-11/h2,4,7H,3,5-6,8-10H2,1H3,(H,13,18)/p+1. The lowest BCUT2D eigenvalue weighted by Crippen LogP contribution is -3.16. The predicted molar refractivity (Wildman–Crippen MR) is 72.0 cm³/mol. The second kappa shape index (κ2) is 6.72. The fraction of sp³-hybridized carbons (Fsp3) is 0.583. The van der Waals surface area contributed by atoms with E-state index in [0.717, 1.165) is 50.3 Å². The summed E-state index contributed by atoms with van der Waals surface area (Å²) in [6.07, 6.45) is 2.71. The fourth-order valence-electron chi connectivity index (χ4n) is 2.07. The van der Waals surface area contributed by atoms with Crippen LogP contribution < -0.4 is 10.2 Å². The molecule has 0 bridgehead atoms. The normalized spacial score (nSPS) is 19.9. The Labute approximate surface area is 113 Å². The topological polar surface area (TPSA) is 42.1 Å². The molecule has 6 heteroatoms. The minimum absolute atomic E-state index is 0.770. The van der Waals surface area contributed by atoms with Gasteiger partial charge in [0.2, 0.25) is 0 Å². The summed E-state index contributed by atoms with van der Waals surface area (Å²) in [4.78, 5) is 3.59. The molecule has 0 amide bonds. The van der Waals surface area contributed by atoms with Crippen LogP contribution in [0, 0.1) is 0 Å². The largest absolute Gasteiger partial charge is 0.463 e. The van der Waals surface area contributed by atoms with Crippen LogP contribution >= 0.6 is 12.2 Å². The summed E-state index contributed by atoms with van der Waals surface area (Å²) in [6.45, 7) is 4.34. The average Bonchev–Trinajstić information content (AvgIpc) is 2.86. The van der Waals surface area contributed by atoms with Gasteiger partial charge in [-0.3, -0.25) is 4.90 Å². The SMILES string of the molecule is COCCCN1C[NH+](Cc2ccco2)CNC1=S. The van der Waals surface area contributed by atoms with Gasteiger partial charge < -0.3 is 19.4 Å². The molecule has 0 saturated carbocycles. The molecule has 2 heterocycles. The summed E-state index contributed by atoms with van der Waals surface area (Å²) in [5.41, 5.74) is 0. The van der Waals surface area contributed by atoms with Gasteiger partial charge in [-0.25, -0.2) is 0 Å². The smallest absolute Gasteiger partial charge is 0.177 e. The zero-order valence-electron chi connectivity index (χ0n) is 10.6. The molecule has 0 radical (unpaired) electrons. The van der Waals surface area contributed by atoms with Crippen LogP contribution in [0.2, 0.25) is 0 Å². The number of hydrogen-bond acceptors (Lipinski definition) is 3. The van der Waals surface area contributed by atoms with Gasteiger partial charge in [0.05, 0.1) is 6.26 Å². The third kappa shape index (κ3) is 3.69. The summed E-state index contributed by atoms with van der Waals surface area (Å²) in [5.74, 6) is 1.01. The van der Waals surface area contributed by atoms with E-state index in [4.69, 9.17) is 21.4 Å². The number of hydrogen-bond donors (Lipinski definition) is 2. The zero-order chi connectivity index (χ0) is 12.8. The highest BCUT2D eigenvalue weighted by atomic mass is 32.1. The molecule has 0 spiro atoms. The molecule has 0 aliphatic carbocycles. The summed E-state index contributed by atoms with van der Waals surface area (Å²) in [7, 11) is 1.72. The van der Waals surface area contributed by atoms with E-state index in [1.54, 1.807) is 13.4 Å². The van der Waals surface area contributed by atoms with Crippen molar-refractivity contribution >= 4 is 17.3 Å². The van der Waals surface area contributed by atoms with Crippen LogP contribution in [0.4, 0.5) is 0 Å². The van der Waals surface area contributed by atoms with Gasteiger partial charge >= 0.3 is 0 Å². The third-order valence-electron chi connectivity index (χ3n) is 2.97. The van der Waals surface area contributed by atoms with E-state index in [2.05, 4.69) is 10.2 Å². The van der Waals surface area contributed by atoms with Crippen molar-refractivity contribution in [2.75, 3.05) is 33.6 Å². The Kier molecular flexibility index (Phi) is 4.98. The van der Waals surface area contributed by atoms with E-state index in [1.165, 1.54) is 4.90 Å². The number of ether oxygens (including phenoxy) is 1. The number of nitrogens with zero attached hydrogens (tertiary/aromatic N) is 1. The van der Waals surface area contributed by atoms with Crippen LogP contribution in [0.3, 0.4) is 0 Å². The highest BCUT2D eigenvalue weighted by Crippen LogP contribution is 1.98. The molecule has 2 N–H and O–H groups in total. The molecule has 1 aromatic heterocycles. The Hall–Kier alpha value is -1.11. The number of nitrogens with one attached hydrogen (secondary N) is 2. The number of rotatable bonds is 6. The molecular formula is C12H20N3O2S+. The average molecular weight is 270 g/mol. The van der Waals surface area contributed by atoms with E-state index in [9.17, 15) is 0 Å². The Morgan fingerprint density at radius 3 is 3.22 bits per heavy atom. The van der Waals surface area contributed by atoms with Crippen molar-refractivity contribution < 1.29 is 14.1 Å². The van der Waals surface area contributed by atoms with Gasteiger partial charge in [-0.2, -0.15) is 0 Å². The third-order valence-corrected chi connectivity index (χ3v) is 3.37. The minimum Gasteiger partial charge on any atom is -0.463 e. The first kappa shape index (κ1) is 13.3. The molecule has 1 aliphatic rings. The fourth-order valence-corrected chi connectivity index (χ4v) is 2.30. The second-order valence-electron chi connectivity index (χ2n) is 4.43. The van der Waals surface area contributed by atoms with Crippen molar-refractivity contribution in [3.8, 4) is 0 Å². The molecule has 0 aromatic carbocycles. The summed E-state index contributed by atoms with van der Waals surface area (Å²) < 4.78 is 10.4. The quantitative estimate of drug-likeness (QED) is 0.554. The summed E-state index contributed by atoms with van der Waals surface area (Å²) in [6, 6.07) is 3.93. The molecule has 1 aromatic rings. The van der Waals surface area contributed by atoms with Crippen molar-refractivity contribution in [3.05, 3.63) is 24.2 Å². The number of quaternary nitrogens is 1. The first-order valence-corrected chi connectivity index (χ1v) is 6.58. The van der Waals surface area contributed by atoms with Crippen molar-refractivity contribution in [1.82, 2.24) is 10.2 Å². The highest BCUT2D eigenvalue weighted by Gasteiger charge is 2.23. The van der Waals surface area contributed by atoms with Gasteiger partial charge in [-0.15, -0.1) is 0 Å². The number of methoxy groups -OCH3 is 1. The maximum Gasteiger partial charge on any atom is 0.177 e. The van der Waals surface area contributed by atoms with Crippen LogP contribution in [0.1, 0.15) is 12.2 Å². The Morgan fingerprint density at radius 1 is 1.61 bits per heavy atom. The van der Waals surface area contributed by atoms with Gasteiger partial charge in [0.25, 0.3) is 0 Å². The molecule has 2 rings (SSSR count). The van der Waals surface area contributed by atoms with Crippen LogP contribution in [0.15, 0.2) is 22.8 Å². The van der Waals surface area contributed by atoms with E-state index in [-0.39, 0.29) is 0 Å². The van der Waals surface area contributed by atoms with E-state index in [0.29, 0.717) is 0 Å². The number of furan rings is 1. The van der Waals surface area contributed by atoms with Crippen molar-refractivity contribution in [2.24, 2.45) is 0 Å². The molecule has 5 nitrogen and oxygen atoms in total. The van der Waals surface area contributed by atoms with Gasteiger partial charge in [0.15, 0.2) is 24.2 Å². The van der Waals surface area contributed by atoms with Crippen LogP contribution in [0.25, 0.3) is 0 Å². The van der Waals surface area contributed by atoms with Gasteiger partial charge in [-0.1, -0.05) is 0 Å². The highest BCUT2D eigenvalue weighted by molar-refractivity contribution is 7.80. The summed E-state index contributed by atoms with van der Waals surface area (Å²) >= 11 is 5.31. The first-order valence-electron chi connectivity index (χ1n) is 6.17. The molecule has 1 atom stereocenters. The molecular weight excluding hydrogens is 250 g/mol.